The molecule has 1 unspecified atom stereocenters. The number of aromatic nitrogens is 1. The molecule has 0 spiro atoms. The molecule has 10 heteroatoms. The molecule has 0 fully saturated rings. The zero-order valence-electron chi connectivity index (χ0n) is 22.9. The molecule has 1 N–H and O–H groups in total. The van der Waals surface area contributed by atoms with Gasteiger partial charge in [-0.25, -0.2) is 9.18 Å². The van der Waals surface area contributed by atoms with Gasteiger partial charge in [0.2, 0.25) is 0 Å². The average Bonchev–Trinajstić information content (AvgIpc) is 2.87. The fourth-order valence-electron chi connectivity index (χ4n) is 4.25. The number of rotatable bonds is 11. The Balaban J connectivity index is 2.09. The monoisotopic (exact) mass is 571 g/mol. The number of nitrogens with zero attached hydrogens (tertiary/aromatic N) is 1. The molecule has 40 heavy (non-hydrogen) atoms. The van der Waals surface area contributed by atoms with Crippen molar-refractivity contribution in [1.82, 2.24) is 4.57 Å². The number of halogens is 2. The number of aromatic carboxylic acids is 1. The number of Topliss-reactive ketones (excluding diaryl/α,β-unsaturated/α-hetero) is 2. The van der Waals surface area contributed by atoms with Crippen molar-refractivity contribution >= 4 is 29.1 Å². The molecule has 2 aromatic carbocycles. The van der Waals surface area contributed by atoms with E-state index in [2.05, 4.69) is 0 Å². The highest BCUT2D eigenvalue weighted by Crippen LogP contribution is 2.37. The number of pyridine rings is 1. The molecule has 3 aromatic rings. The van der Waals surface area contributed by atoms with Crippen LogP contribution in [0.1, 0.15) is 66.4 Å². The number of carboxylic acid groups (broad SMARTS) is 1. The Labute approximate surface area is 236 Å². The van der Waals surface area contributed by atoms with Gasteiger partial charge in [0.25, 0.3) is 5.56 Å². The minimum absolute atomic E-state index is 0.0216. The zero-order valence-corrected chi connectivity index (χ0v) is 23.7. The van der Waals surface area contributed by atoms with E-state index in [1.807, 2.05) is 20.8 Å². The molecule has 0 saturated heterocycles. The minimum atomic E-state index is -1.09. The van der Waals surface area contributed by atoms with E-state index in [0.29, 0.717) is 5.56 Å². The summed E-state index contributed by atoms with van der Waals surface area (Å²) >= 11 is 6.00. The fraction of sp³-hybridized carbons (Fsp3) is 0.333. The Morgan fingerprint density at radius 2 is 1.75 bits per heavy atom. The SMILES string of the molecule is COc1cn(C(CCOC(C)(C)C)C(=O)Cc2ccc(C(=O)O)cc2)c(=O)cc1-c1c(C(C)=O)ccc(Cl)c1F. The second kappa shape index (κ2) is 12.6. The van der Waals surface area contributed by atoms with Crippen LogP contribution in [0.3, 0.4) is 0 Å². The lowest BCUT2D eigenvalue weighted by Crippen LogP contribution is -2.32. The molecular weight excluding hydrogens is 541 g/mol. The minimum Gasteiger partial charge on any atom is -0.495 e. The Morgan fingerprint density at radius 3 is 2.30 bits per heavy atom. The number of ether oxygens (including phenoxy) is 2. The van der Waals surface area contributed by atoms with Gasteiger partial charge in [0.05, 0.1) is 35.5 Å². The van der Waals surface area contributed by atoms with Crippen LogP contribution < -0.4 is 10.3 Å². The van der Waals surface area contributed by atoms with Gasteiger partial charge >= 0.3 is 5.97 Å². The molecule has 0 radical (unpaired) electrons. The molecule has 1 aromatic heterocycles. The maximum Gasteiger partial charge on any atom is 0.335 e. The van der Waals surface area contributed by atoms with E-state index < -0.39 is 34.8 Å². The summed E-state index contributed by atoms with van der Waals surface area (Å²) in [4.78, 5) is 50.4. The number of ketones is 2. The first-order valence-electron chi connectivity index (χ1n) is 12.5. The van der Waals surface area contributed by atoms with Gasteiger partial charge in [-0.15, -0.1) is 0 Å². The number of methoxy groups -OCH3 is 1. The normalized spacial score (nSPS) is 12.2. The first-order chi connectivity index (χ1) is 18.7. The van der Waals surface area contributed by atoms with E-state index in [0.717, 1.165) is 6.07 Å². The van der Waals surface area contributed by atoms with Crippen LogP contribution in [0, 0.1) is 5.82 Å². The molecule has 0 saturated carbocycles. The van der Waals surface area contributed by atoms with Gasteiger partial charge < -0.3 is 19.1 Å². The van der Waals surface area contributed by atoms with E-state index in [1.165, 1.54) is 49.1 Å². The lowest BCUT2D eigenvalue weighted by molar-refractivity contribution is -0.122. The predicted octanol–water partition coefficient (Wildman–Crippen LogP) is 5.78. The largest absolute Gasteiger partial charge is 0.495 e. The number of carboxylic acids is 1. The summed E-state index contributed by atoms with van der Waals surface area (Å²) in [5.74, 6) is -2.66. The number of benzene rings is 2. The predicted molar refractivity (Wildman–Crippen MR) is 149 cm³/mol. The summed E-state index contributed by atoms with van der Waals surface area (Å²) in [7, 11) is 1.33. The van der Waals surface area contributed by atoms with Gasteiger partial charge in [0, 0.05) is 35.8 Å². The first kappa shape index (κ1) is 30.7. The van der Waals surface area contributed by atoms with Crippen LogP contribution in [0.25, 0.3) is 11.1 Å². The van der Waals surface area contributed by atoms with E-state index in [1.54, 1.807) is 12.1 Å². The summed E-state index contributed by atoms with van der Waals surface area (Å²) in [5.41, 5.74) is -0.580. The van der Waals surface area contributed by atoms with Crippen LogP contribution in [0.15, 0.2) is 53.5 Å². The summed E-state index contributed by atoms with van der Waals surface area (Å²) in [6, 6.07) is 8.67. The van der Waals surface area contributed by atoms with Crippen LogP contribution in [0.5, 0.6) is 5.75 Å². The van der Waals surface area contributed by atoms with Crippen LogP contribution in [-0.4, -0.2) is 46.5 Å². The van der Waals surface area contributed by atoms with Gasteiger partial charge in [0.1, 0.15) is 11.6 Å². The van der Waals surface area contributed by atoms with Crippen molar-refractivity contribution < 1.29 is 33.4 Å². The summed E-state index contributed by atoms with van der Waals surface area (Å²) in [5, 5.41) is 8.91. The highest BCUT2D eigenvalue weighted by atomic mass is 35.5. The average molecular weight is 572 g/mol. The number of carbonyl (C=O) groups is 3. The van der Waals surface area contributed by atoms with Gasteiger partial charge in [-0.2, -0.15) is 0 Å². The molecule has 0 aliphatic rings. The zero-order chi connectivity index (χ0) is 29.8. The Bertz CT molecular complexity index is 1490. The Morgan fingerprint density at radius 1 is 1.10 bits per heavy atom. The quantitative estimate of drug-likeness (QED) is 0.290. The van der Waals surface area contributed by atoms with Crippen LogP contribution in [0.2, 0.25) is 5.02 Å². The van der Waals surface area contributed by atoms with Crippen molar-refractivity contribution in [3.63, 3.8) is 0 Å². The van der Waals surface area contributed by atoms with Crippen molar-refractivity contribution in [2.45, 2.75) is 52.2 Å². The third-order valence-corrected chi connectivity index (χ3v) is 6.51. The Hall–Kier alpha value is -3.82. The van der Waals surface area contributed by atoms with Crippen LogP contribution in [-0.2, 0) is 16.0 Å². The standard InChI is InChI=1S/C30H31ClFNO7/c1-17(34)20-10-11-22(31)28(32)27(20)21-15-26(36)33(16-25(21)39-5)23(12-13-40-30(2,3)4)24(35)14-18-6-8-19(9-7-18)29(37)38/h6-11,15-16,23H,12-14H2,1-5H3,(H,37,38). The van der Waals surface area contributed by atoms with Crippen molar-refractivity contribution in [3.05, 3.63) is 86.5 Å². The molecule has 0 amide bonds. The maximum atomic E-state index is 15.2. The third kappa shape index (κ3) is 7.22. The van der Waals surface area contributed by atoms with Crippen molar-refractivity contribution in [2.24, 2.45) is 0 Å². The summed E-state index contributed by atoms with van der Waals surface area (Å²) < 4.78 is 27.7. The fourth-order valence-corrected chi connectivity index (χ4v) is 4.41. The van der Waals surface area contributed by atoms with Crippen molar-refractivity contribution in [3.8, 4) is 16.9 Å². The lowest BCUT2D eigenvalue weighted by Gasteiger charge is -2.24. The van der Waals surface area contributed by atoms with E-state index in [9.17, 15) is 19.2 Å². The second-order valence-electron chi connectivity index (χ2n) is 10.3. The highest BCUT2D eigenvalue weighted by Gasteiger charge is 2.27. The van der Waals surface area contributed by atoms with Gasteiger partial charge in [-0.3, -0.25) is 14.4 Å². The molecular formula is C30H31ClFNO7. The highest BCUT2D eigenvalue weighted by molar-refractivity contribution is 6.31. The van der Waals surface area contributed by atoms with Crippen LogP contribution in [0.4, 0.5) is 4.39 Å². The van der Waals surface area contributed by atoms with Gasteiger partial charge in [-0.1, -0.05) is 23.7 Å². The second-order valence-corrected chi connectivity index (χ2v) is 10.7. The van der Waals surface area contributed by atoms with Gasteiger partial charge in [-0.05, 0) is 63.9 Å². The summed E-state index contributed by atoms with van der Waals surface area (Å²) in [6.45, 7) is 7.02. The molecule has 1 atom stereocenters. The van der Waals surface area contributed by atoms with Crippen LogP contribution >= 0.6 is 11.6 Å². The van der Waals surface area contributed by atoms with E-state index in [-0.39, 0.29) is 58.3 Å². The molecule has 8 nitrogen and oxygen atoms in total. The smallest absolute Gasteiger partial charge is 0.335 e. The third-order valence-electron chi connectivity index (χ3n) is 6.22. The molecule has 0 aliphatic heterocycles. The number of hydrogen-bond acceptors (Lipinski definition) is 6. The number of hydrogen-bond donors (Lipinski definition) is 1. The molecule has 0 aliphatic carbocycles. The van der Waals surface area contributed by atoms with E-state index >= 15 is 4.39 Å². The number of carbonyl (C=O) groups excluding carboxylic acids is 2. The Kier molecular flexibility index (Phi) is 9.65. The van der Waals surface area contributed by atoms with Crippen molar-refractivity contribution in [1.29, 1.82) is 0 Å². The molecule has 0 bridgehead atoms. The molecule has 212 valence electrons. The molecule has 1 heterocycles. The summed E-state index contributed by atoms with van der Waals surface area (Å²) in [6.07, 6.45) is 1.39. The van der Waals surface area contributed by atoms with E-state index in [4.69, 9.17) is 26.2 Å². The lowest BCUT2D eigenvalue weighted by atomic mass is 9.96. The topological polar surface area (TPSA) is 112 Å². The van der Waals surface area contributed by atoms with Crippen molar-refractivity contribution in [2.75, 3.05) is 13.7 Å². The first-order valence-corrected chi connectivity index (χ1v) is 12.9. The maximum absolute atomic E-state index is 15.2. The van der Waals surface area contributed by atoms with Gasteiger partial charge in [0.15, 0.2) is 11.6 Å². The molecule has 3 rings (SSSR count).